The lowest BCUT2D eigenvalue weighted by Crippen LogP contribution is -2.14. The van der Waals surface area contributed by atoms with E-state index in [1.165, 1.54) is 95.5 Å². The summed E-state index contributed by atoms with van der Waals surface area (Å²) in [6.45, 7) is 5.34. The van der Waals surface area contributed by atoms with E-state index in [1.54, 1.807) is 0 Å². The summed E-state index contributed by atoms with van der Waals surface area (Å²) in [7, 11) is 0. The van der Waals surface area contributed by atoms with E-state index in [4.69, 9.17) is 14.7 Å². The molecule has 1 aliphatic rings. The first-order chi connectivity index (χ1) is 16.3. The third-order valence-corrected chi connectivity index (χ3v) is 7.34. The summed E-state index contributed by atoms with van der Waals surface area (Å²) in [4.78, 5) is 9.41. The van der Waals surface area contributed by atoms with E-state index in [2.05, 4.69) is 38.4 Å². The van der Waals surface area contributed by atoms with E-state index in [0.717, 1.165) is 36.1 Å². The Hall–Kier alpha value is -1.90. The van der Waals surface area contributed by atoms with Crippen molar-refractivity contribution < 1.29 is 4.74 Å². The van der Waals surface area contributed by atoms with Gasteiger partial charge < -0.3 is 4.74 Å². The molecule has 0 radical (unpaired) electrons. The zero-order valence-electron chi connectivity index (χ0n) is 21.2. The molecular formula is C30H46N2O. The summed E-state index contributed by atoms with van der Waals surface area (Å²) in [5.41, 5.74) is 2.38. The Kier molecular flexibility index (Phi) is 11.8. The first-order valence-electron chi connectivity index (χ1n) is 13.8. The molecule has 3 heteroatoms. The Morgan fingerprint density at radius 1 is 0.727 bits per heavy atom. The second kappa shape index (κ2) is 15.1. The molecule has 2 aromatic rings. The third-order valence-electron chi connectivity index (χ3n) is 7.34. The van der Waals surface area contributed by atoms with Crippen molar-refractivity contribution in [1.82, 2.24) is 9.97 Å². The standard InChI is InChI=1S/C30H46N2O/c1-3-5-7-9-11-13-25-14-16-26(17-15-25)28-23-31-30(32-24-28)27-18-20-29(21-19-27)33-22-12-10-8-6-4-2/h18-21,23-26H,3-17,22H2,1-2H3/t25-,26-. The molecule has 1 heterocycles. The van der Waals surface area contributed by atoms with Crippen LogP contribution in [0, 0.1) is 5.92 Å². The van der Waals surface area contributed by atoms with Crippen molar-refractivity contribution >= 4 is 0 Å². The smallest absolute Gasteiger partial charge is 0.159 e. The normalized spacial score (nSPS) is 18.4. The summed E-state index contributed by atoms with van der Waals surface area (Å²) < 4.78 is 5.88. The molecule has 0 unspecified atom stereocenters. The van der Waals surface area contributed by atoms with E-state index < -0.39 is 0 Å². The molecule has 0 bridgehead atoms. The summed E-state index contributed by atoms with van der Waals surface area (Å²) in [5.74, 6) is 3.34. The lowest BCUT2D eigenvalue weighted by atomic mass is 9.77. The fourth-order valence-corrected chi connectivity index (χ4v) is 5.11. The van der Waals surface area contributed by atoms with Crippen LogP contribution in [0.15, 0.2) is 36.7 Å². The Labute approximate surface area is 202 Å². The van der Waals surface area contributed by atoms with Crippen LogP contribution in [0.3, 0.4) is 0 Å². The minimum absolute atomic E-state index is 0.642. The maximum atomic E-state index is 5.88. The number of unbranched alkanes of at least 4 members (excludes halogenated alkanes) is 8. The van der Waals surface area contributed by atoms with Gasteiger partial charge in [0.2, 0.25) is 0 Å². The van der Waals surface area contributed by atoms with Gasteiger partial charge in [0.1, 0.15) is 5.75 Å². The monoisotopic (exact) mass is 450 g/mol. The van der Waals surface area contributed by atoms with Crippen LogP contribution in [0.25, 0.3) is 11.4 Å². The van der Waals surface area contributed by atoms with Crippen LogP contribution in [-0.4, -0.2) is 16.6 Å². The number of aromatic nitrogens is 2. The maximum absolute atomic E-state index is 5.88. The molecule has 1 aromatic carbocycles. The van der Waals surface area contributed by atoms with Crippen LogP contribution in [0.2, 0.25) is 0 Å². The molecule has 3 nitrogen and oxygen atoms in total. The second-order valence-electron chi connectivity index (χ2n) is 10.0. The highest BCUT2D eigenvalue weighted by molar-refractivity contribution is 5.56. The molecule has 0 spiro atoms. The number of rotatable bonds is 15. The molecule has 0 saturated heterocycles. The lowest BCUT2D eigenvalue weighted by Gasteiger charge is -2.28. The highest BCUT2D eigenvalue weighted by Crippen LogP contribution is 2.37. The Morgan fingerprint density at radius 3 is 1.97 bits per heavy atom. The number of nitrogens with zero attached hydrogens (tertiary/aromatic N) is 2. The molecule has 0 aliphatic heterocycles. The predicted molar refractivity (Wildman–Crippen MR) is 140 cm³/mol. The summed E-state index contributed by atoms with van der Waals surface area (Å²) in [5, 5.41) is 0. The Balaban J connectivity index is 1.39. The number of hydrogen-bond acceptors (Lipinski definition) is 3. The van der Waals surface area contributed by atoms with Crippen molar-refractivity contribution in [2.75, 3.05) is 6.61 Å². The fourth-order valence-electron chi connectivity index (χ4n) is 5.11. The van der Waals surface area contributed by atoms with Crippen molar-refractivity contribution in [2.45, 2.75) is 116 Å². The van der Waals surface area contributed by atoms with Gasteiger partial charge in [0.25, 0.3) is 0 Å². The van der Waals surface area contributed by atoms with E-state index in [1.807, 2.05) is 12.1 Å². The van der Waals surface area contributed by atoms with Gasteiger partial charge in [0, 0.05) is 18.0 Å². The van der Waals surface area contributed by atoms with Gasteiger partial charge in [-0.3, -0.25) is 0 Å². The van der Waals surface area contributed by atoms with Gasteiger partial charge in [-0.1, -0.05) is 78.1 Å². The summed E-state index contributed by atoms with van der Waals surface area (Å²) in [6, 6.07) is 8.24. The summed E-state index contributed by atoms with van der Waals surface area (Å²) in [6.07, 6.45) is 24.2. The van der Waals surface area contributed by atoms with E-state index in [0.29, 0.717) is 5.92 Å². The van der Waals surface area contributed by atoms with Crippen LogP contribution in [0.4, 0.5) is 0 Å². The molecule has 0 N–H and O–H groups in total. The molecule has 0 atom stereocenters. The number of ether oxygens (including phenoxy) is 1. The fraction of sp³-hybridized carbons (Fsp3) is 0.667. The van der Waals surface area contributed by atoms with Gasteiger partial charge in [-0.2, -0.15) is 0 Å². The minimum Gasteiger partial charge on any atom is -0.494 e. The van der Waals surface area contributed by atoms with Crippen LogP contribution in [-0.2, 0) is 0 Å². The number of hydrogen-bond donors (Lipinski definition) is 0. The van der Waals surface area contributed by atoms with Crippen LogP contribution >= 0.6 is 0 Å². The van der Waals surface area contributed by atoms with Gasteiger partial charge in [-0.15, -0.1) is 0 Å². The molecule has 1 aromatic heterocycles. The van der Waals surface area contributed by atoms with Gasteiger partial charge in [0.15, 0.2) is 5.82 Å². The van der Waals surface area contributed by atoms with Crippen molar-refractivity contribution in [3.8, 4) is 17.1 Å². The van der Waals surface area contributed by atoms with E-state index >= 15 is 0 Å². The van der Waals surface area contributed by atoms with Crippen LogP contribution in [0.1, 0.15) is 122 Å². The molecular weight excluding hydrogens is 404 g/mol. The predicted octanol–water partition coefficient (Wildman–Crippen LogP) is 9.13. The molecule has 182 valence electrons. The summed E-state index contributed by atoms with van der Waals surface area (Å²) >= 11 is 0. The van der Waals surface area contributed by atoms with E-state index in [9.17, 15) is 0 Å². The molecule has 3 rings (SSSR count). The van der Waals surface area contributed by atoms with Gasteiger partial charge in [-0.25, -0.2) is 9.97 Å². The van der Waals surface area contributed by atoms with Gasteiger partial charge in [-0.05, 0) is 73.8 Å². The lowest BCUT2D eigenvalue weighted by molar-refractivity contribution is 0.301. The second-order valence-corrected chi connectivity index (χ2v) is 10.0. The highest BCUT2D eigenvalue weighted by Gasteiger charge is 2.22. The van der Waals surface area contributed by atoms with Gasteiger partial charge in [0.05, 0.1) is 6.61 Å². The molecule has 1 aliphatic carbocycles. The highest BCUT2D eigenvalue weighted by atomic mass is 16.5. The average Bonchev–Trinajstić information content (AvgIpc) is 2.87. The third kappa shape index (κ3) is 9.10. The topological polar surface area (TPSA) is 35.0 Å². The maximum Gasteiger partial charge on any atom is 0.159 e. The van der Waals surface area contributed by atoms with Crippen molar-refractivity contribution in [2.24, 2.45) is 5.92 Å². The zero-order valence-corrected chi connectivity index (χ0v) is 21.2. The minimum atomic E-state index is 0.642. The van der Waals surface area contributed by atoms with E-state index in [-0.39, 0.29) is 0 Å². The molecule has 1 fully saturated rings. The quantitative estimate of drug-likeness (QED) is 0.254. The van der Waals surface area contributed by atoms with Crippen molar-refractivity contribution in [3.63, 3.8) is 0 Å². The Morgan fingerprint density at radius 2 is 1.33 bits per heavy atom. The van der Waals surface area contributed by atoms with Crippen molar-refractivity contribution in [1.29, 1.82) is 0 Å². The van der Waals surface area contributed by atoms with Crippen LogP contribution in [0.5, 0.6) is 5.75 Å². The first kappa shape index (κ1) is 25.7. The average molecular weight is 451 g/mol. The molecule has 1 saturated carbocycles. The largest absolute Gasteiger partial charge is 0.494 e. The first-order valence-corrected chi connectivity index (χ1v) is 13.8. The molecule has 33 heavy (non-hydrogen) atoms. The van der Waals surface area contributed by atoms with Crippen LogP contribution < -0.4 is 4.74 Å². The number of benzene rings is 1. The van der Waals surface area contributed by atoms with Gasteiger partial charge >= 0.3 is 0 Å². The van der Waals surface area contributed by atoms with Crippen molar-refractivity contribution in [3.05, 3.63) is 42.2 Å². The Bertz CT molecular complexity index is 748. The molecule has 0 amide bonds. The zero-order chi connectivity index (χ0) is 23.1. The SMILES string of the molecule is CCCCCCCOc1ccc(-c2ncc([C@H]3CC[C@H](CCCCCCC)CC3)cn2)cc1.